The van der Waals surface area contributed by atoms with Crippen LogP contribution >= 0.6 is 0 Å². The van der Waals surface area contributed by atoms with Gasteiger partial charge in [-0.2, -0.15) is 0 Å². The highest BCUT2D eigenvalue weighted by atomic mass is 16.5. The van der Waals surface area contributed by atoms with Crippen LogP contribution < -0.4 is 4.74 Å². The summed E-state index contributed by atoms with van der Waals surface area (Å²) in [6, 6.07) is 7.96. The lowest BCUT2D eigenvalue weighted by molar-refractivity contribution is -0.155. The van der Waals surface area contributed by atoms with Crippen molar-refractivity contribution in [1.29, 1.82) is 0 Å². The third-order valence-electron chi connectivity index (χ3n) is 4.65. The van der Waals surface area contributed by atoms with Gasteiger partial charge in [0.25, 0.3) is 5.91 Å². The molecular formula is C18H23NO5. The maximum absolute atomic E-state index is 12.4. The van der Waals surface area contributed by atoms with Crippen molar-refractivity contribution in [2.24, 2.45) is 0 Å². The van der Waals surface area contributed by atoms with Gasteiger partial charge in [0.2, 0.25) is 0 Å². The fourth-order valence-corrected chi connectivity index (χ4v) is 3.21. The molecule has 0 radical (unpaired) electrons. The molecule has 2 heterocycles. The second kappa shape index (κ2) is 7.21. The molecule has 1 amide bonds. The molecule has 6 nitrogen and oxygen atoms in total. The summed E-state index contributed by atoms with van der Waals surface area (Å²) in [4.78, 5) is 25.1. The molecule has 6 heteroatoms. The molecule has 130 valence electrons. The van der Waals surface area contributed by atoms with Gasteiger partial charge in [-0.15, -0.1) is 0 Å². The number of likely N-dealkylation sites (tertiary alicyclic amines) is 1. The van der Waals surface area contributed by atoms with Crippen molar-refractivity contribution < 1.29 is 24.2 Å². The van der Waals surface area contributed by atoms with E-state index in [2.05, 4.69) is 0 Å². The van der Waals surface area contributed by atoms with Crippen LogP contribution in [0.1, 0.15) is 31.2 Å². The molecule has 0 unspecified atom stereocenters. The summed E-state index contributed by atoms with van der Waals surface area (Å²) in [5.41, 5.74) is 1.19. The van der Waals surface area contributed by atoms with Gasteiger partial charge in [0, 0.05) is 25.9 Å². The largest absolute Gasteiger partial charge is 0.490 e. The minimum absolute atomic E-state index is 0.0902. The maximum atomic E-state index is 12.4. The number of benzene rings is 1. The number of amides is 1. The number of carbonyl (C=O) groups is 2. The molecule has 0 aromatic heterocycles. The molecule has 24 heavy (non-hydrogen) atoms. The smallest absolute Gasteiger partial charge is 0.332 e. The fraction of sp³-hybridized carbons (Fsp3) is 0.556. The standard InChI is InChI=1S/C18H23NO5/c1-12-2-4-13(5-3-12)23-14-8-10-19(11-9-14)17(20)15-6-7-16(24-15)18(21)22/h2-5,14-16H,6-11H2,1H3,(H,21,22)/t15-,16+/m0/s1. The number of ether oxygens (including phenoxy) is 2. The lowest BCUT2D eigenvalue weighted by Gasteiger charge is -2.33. The summed E-state index contributed by atoms with van der Waals surface area (Å²) >= 11 is 0. The van der Waals surface area contributed by atoms with Crippen molar-refractivity contribution in [2.75, 3.05) is 13.1 Å². The highest BCUT2D eigenvalue weighted by molar-refractivity contribution is 5.82. The van der Waals surface area contributed by atoms with Gasteiger partial charge in [-0.05, 0) is 31.9 Å². The van der Waals surface area contributed by atoms with E-state index in [0.29, 0.717) is 25.9 Å². The first kappa shape index (κ1) is 16.8. The number of carboxylic acids is 1. The highest BCUT2D eigenvalue weighted by Crippen LogP contribution is 2.24. The summed E-state index contributed by atoms with van der Waals surface area (Å²) in [6.07, 6.45) is 1.08. The van der Waals surface area contributed by atoms with E-state index in [-0.39, 0.29) is 12.0 Å². The van der Waals surface area contributed by atoms with Gasteiger partial charge in [-0.25, -0.2) is 4.79 Å². The highest BCUT2D eigenvalue weighted by Gasteiger charge is 2.37. The van der Waals surface area contributed by atoms with Gasteiger partial charge in [0.1, 0.15) is 18.0 Å². The molecule has 3 rings (SSSR count). The first-order valence-corrected chi connectivity index (χ1v) is 8.43. The van der Waals surface area contributed by atoms with Crippen molar-refractivity contribution in [3.63, 3.8) is 0 Å². The molecule has 2 aliphatic rings. The van der Waals surface area contributed by atoms with Crippen LogP contribution in [-0.4, -0.2) is 53.3 Å². The van der Waals surface area contributed by atoms with Gasteiger partial charge in [0.05, 0.1) is 0 Å². The monoisotopic (exact) mass is 333 g/mol. The van der Waals surface area contributed by atoms with E-state index >= 15 is 0 Å². The van der Waals surface area contributed by atoms with Crippen molar-refractivity contribution >= 4 is 11.9 Å². The molecule has 2 aliphatic heterocycles. The second-order valence-electron chi connectivity index (χ2n) is 6.48. The number of carbonyl (C=O) groups excluding carboxylic acids is 1. The summed E-state index contributed by atoms with van der Waals surface area (Å²) < 4.78 is 11.3. The first-order valence-electron chi connectivity index (χ1n) is 8.43. The topological polar surface area (TPSA) is 76.1 Å². The molecule has 0 aliphatic carbocycles. The van der Waals surface area contributed by atoms with Crippen LogP contribution in [0.15, 0.2) is 24.3 Å². The minimum Gasteiger partial charge on any atom is -0.490 e. The Bertz CT molecular complexity index is 592. The fourth-order valence-electron chi connectivity index (χ4n) is 3.21. The average molecular weight is 333 g/mol. The number of rotatable bonds is 4. The van der Waals surface area contributed by atoms with Gasteiger partial charge >= 0.3 is 5.97 Å². The van der Waals surface area contributed by atoms with Crippen molar-refractivity contribution in [1.82, 2.24) is 4.90 Å². The molecule has 0 bridgehead atoms. The molecule has 1 aromatic carbocycles. The zero-order valence-corrected chi connectivity index (χ0v) is 13.8. The Labute approximate surface area is 141 Å². The quantitative estimate of drug-likeness (QED) is 0.912. The van der Waals surface area contributed by atoms with Crippen molar-refractivity contribution in [3.05, 3.63) is 29.8 Å². The zero-order valence-electron chi connectivity index (χ0n) is 13.8. The number of hydrogen-bond donors (Lipinski definition) is 1. The Morgan fingerprint density at radius 1 is 1.08 bits per heavy atom. The number of nitrogens with zero attached hydrogens (tertiary/aromatic N) is 1. The van der Waals surface area contributed by atoms with Crippen LogP contribution in [0.5, 0.6) is 5.75 Å². The predicted octanol–water partition coefficient (Wildman–Crippen LogP) is 2.00. The zero-order chi connectivity index (χ0) is 17.1. The minimum atomic E-state index is -0.990. The van der Waals surface area contributed by atoms with Gasteiger partial charge in [-0.3, -0.25) is 4.79 Å². The molecule has 2 saturated heterocycles. The van der Waals surface area contributed by atoms with Crippen LogP contribution in [0.3, 0.4) is 0 Å². The Kier molecular flexibility index (Phi) is 5.04. The van der Waals surface area contributed by atoms with Crippen molar-refractivity contribution in [2.45, 2.75) is 50.9 Å². The molecule has 1 N–H and O–H groups in total. The average Bonchev–Trinajstić information content (AvgIpc) is 3.07. The van der Waals surface area contributed by atoms with Crippen molar-refractivity contribution in [3.8, 4) is 5.75 Å². The van der Waals surface area contributed by atoms with E-state index in [1.165, 1.54) is 5.56 Å². The van der Waals surface area contributed by atoms with Crippen LogP contribution in [-0.2, 0) is 14.3 Å². The van der Waals surface area contributed by atoms with Crippen LogP contribution in [0.4, 0.5) is 0 Å². The molecular weight excluding hydrogens is 310 g/mol. The number of aliphatic carboxylic acids is 1. The Morgan fingerprint density at radius 2 is 1.71 bits per heavy atom. The summed E-state index contributed by atoms with van der Waals surface area (Å²) in [5, 5.41) is 8.95. The molecule has 0 saturated carbocycles. The summed E-state index contributed by atoms with van der Waals surface area (Å²) in [6.45, 7) is 3.27. The maximum Gasteiger partial charge on any atom is 0.332 e. The van der Waals surface area contributed by atoms with Crippen LogP contribution in [0.25, 0.3) is 0 Å². The van der Waals surface area contributed by atoms with Gasteiger partial charge in [0.15, 0.2) is 6.10 Å². The number of aryl methyl sites for hydroxylation is 1. The molecule has 2 fully saturated rings. The normalized spacial score (nSPS) is 24.8. The molecule has 2 atom stereocenters. The Hall–Kier alpha value is -2.08. The van der Waals surface area contributed by atoms with Gasteiger partial charge in [-0.1, -0.05) is 17.7 Å². The molecule has 1 aromatic rings. The number of carboxylic acid groups (broad SMARTS) is 1. The SMILES string of the molecule is Cc1ccc(OC2CCN(C(=O)[C@@H]3CC[C@H](C(=O)O)O3)CC2)cc1. The van der Waals surface area contributed by atoms with E-state index in [0.717, 1.165) is 18.6 Å². The Morgan fingerprint density at radius 3 is 2.29 bits per heavy atom. The first-order chi connectivity index (χ1) is 11.5. The lowest BCUT2D eigenvalue weighted by Crippen LogP contribution is -2.46. The van der Waals surface area contributed by atoms with Crippen LogP contribution in [0.2, 0.25) is 0 Å². The third-order valence-corrected chi connectivity index (χ3v) is 4.65. The van der Waals surface area contributed by atoms with Crippen LogP contribution in [0, 0.1) is 6.92 Å². The summed E-state index contributed by atoms with van der Waals surface area (Å²) in [5.74, 6) is -0.225. The summed E-state index contributed by atoms with van der Waals surface area (Å²) in [7, 11) is 0. The van der Waals surface area contributed by atoms with E-state index in [1.54, 1.807) is 4.90 Å². The predicted molar refractivity (Wildman–Crippen MR) is 86.9 cm³/mol. The number of hydrogen-bond acceptors (Lipinski definition) is 4. The van der Waals surface area contributed by atoms with Gasteiger partial charge < -0.3 is 19.5 Å². The van der Waals surface area contributed by atoms with E-state index in [9.17, 15) is 9.59 Å². The Balaban J connectivity index is 1.47. The van der Waals surface area contributed by atoms with E-state index in [1.807, 2.05) is 31.2 Å². The van der Waals surface area contributed by atoms with E-state index in [4.69, 9.17) is 14.6 Å². The third kappa shape index (κ3) is 3.87. The molecule has 0 spiro atoms. The second-order valence-corrected chi connectivity index (χ2v) is 6.48. The van der Waals surface area contributed by atoms with E-state index < -0.39 is 18.2 Å². The lowest BCUT2D eigenvalue weighted by atomic mass is 10.1. The number of piperidine rings is 1.